The maximum absolute atomic E-state index is 12.8. The second-order valence-electron chi connectivity index (χ2n) is 6.20. The Morgan fingerprint density at radius 2 is 1.96 bits per heavy atom. The number of imidazole rings is 1. The standard InChI is InChI=1S/C20H20N4O4/c1-23-12-11-21-20(23)19(15-8-4-6-10-17(15)28-2)22-18(25)13-14-7-3-5-9-16(14)24(26)27/h3-12,19H,13H2,1-2H3,(H,22,25). The Balaban J connectivity index is 1.92. The minimum atomic E-state index is -0.564. The molecule has 0 bridgehead atoms. The van der Waals surface area contributed by atoms with Crippen LogP contribution in [0.15, 0.2) is 60.9 Å². The van der Waals surface area contributed by atoms with Crippen molar-refractivity contribution in [1.82, 2.24) is 14.9 Å². The van der Waals surface area contributed by atoms with Crippen molar-refractivity contribution in [2.45, 2.75) is 12.5 Å². The Bertz CT molecular complexity index is 999. The van der Waals surface area contributed by atoms with Crippen LogP contribution in [-0.4, -0.2) is 27.5 Å². The number of hydrogen-bond donors (Lipinski definition) is 1. The van der Waals surface area contributed by atoms with Crippen LogP contribution >= 0.6 is 0 Å². The minimum absolute atomic E-state index is 0.0801. The van der Waals surface area contributed by atoms with Crippen LogP contribution in [-0.2, 0) is 18.3 Å². The van der Waals surface area contributed by atoms with Gasteiger partial charge in [-0.3, -0.25) is 14.9 Å². The molecule has 28 heavy (non-hydrogen) atoms. The van der Waals surface area contributed by atoms with E-state index in [2.05, 4.69) is 10.3 Å². The first-order valence-electron chi connectivity index (χ1n) is 8.63. The molecule has 0 aliphatic rings. The molecule has 0 saturated carbocycles. The van der Waals surface area contributed by atoms with Gasteiger partial charge in [-0.25, -0.2) is 4.98 Å². The van der Waals surface area contributed by atoms with Gasteiger partial charge in [-0.1, -0.05) is 36.4 Å². The molecule has 2 aromatic carbocycles. The van der Waals surface area contributed by atoms with E-state index in [-0.39, 0.29) is 18.0 Å². The van der Waals surface area contributed by atoms with E-state index in [9.17, 15) is 14.9 Å². The van der Waals surface area contributed by atoms with E-state index in [0.717, 1.165) is 5.56 Å². The summed E-state index contributed by atoms with van der Waals surface area (Å²) in [5.74, 6) is 0.884. The molecule has 0 fully saturated rings. The number of nitrogens with one attached hydrogen (secondary N) is 1. The average Bonchev–Trinajstić information content (AvgIpc) is 3.12. The number of nitro groups is 1. The van der Waals surface area contributed by atoms with Crippen LogP contribution in [0.5, 0.6) is 5.75 Å². The van der Waals surface area contributed by atoms with Crippen molar-refractivity contribution < 1.29 is 14.5 Å². The molecule has 1 heterocycles. The molecule has 1 N–H and O–H groups in total. The molecule has 3 aromatic rings. The number of nitro benzene ring substituents is 1. The Hall–Kier alpha value is -3.68. The summed E-state index contributed by atoms with van der Waals surface area (Å²) in [7, 11) is 3.39. The molecule has 0 spiro atoms. The van der Waals surface area contributed by atoms with Gasteiger partial charge in [0.1, 0.15) is 17.6 Å². The second kappa shape index (κ2) is 8.34. The fourth-order valence-electron chi connectivity index (χ4n) is 3.07. The van der Waals surface area contributed by atoms with Crippen LogP contribution in [0, 0.1) is 10.1 Å². The lowest BCUT2D eigenvalue weighted by Gasteiger charge is -2.21. The predicted octanol–water partition coefficient (Wildman–Crippen LogP) is 2.79. The van der Waals surface area contributed by atoms with E-state index in [0.29, 0.717) is 17.1 Å². The zero-order chi connectivity index (χ0) is 20.1. The van der Waals surface area contributed by atoms with Crippen molar-refractivity contribution in [3.63, 3.8) is 0 Å². The first-order chi connectivity index (χ1) is 13.5. The third-order valence-electron chi connectivity index (χ3n) is 4.41. The number of carbonyl (C=O) groups excluding carboxylic acids is 1. The smallest absolute Gasteiger partial charge is 0.273 e. The molecule has 0 aliphatic carbocycles. The lowest BCUT2D eigenvalue weighted by Crippen LogP contribution is -2.32. The fourth-order valence-corrected chi connectivity index (χ4v) is 3.07. The number of aryl methyl sites for hydroxylation is 1. The van der Waals surface area contributed by atoms with Crippen molar-refractivity contribution in [3.8, 4) is 5.75 Å². The van der Waals surface area contributed by atoms with E-state index < -0.39 is 11.0 Å². The highest BCUT2D eigenvalue weighted by Crippen LogP contribution is 2.29. The van der Waals surface area contributed by atoms with Crippen molar-refractivity contribution in [2.75, 3.05) is 7.11 Å². The van der Waals surface area contributed by atoms with E-state index in [4.69, 9.17) is 4.74 Å². The van der Waals surface area contributed by atoms with Crippen LogP contribution in [0.25, 0.3) is 0 Å². The quantitative estimate of drug-likeness (QED) is 0.502. The highest BCUT2D eigenvalue weighted by molar-refractivity contribution is 5.80. The van der Waals surface area contributed by atoms with Crippen molar-refractivity contribution in [1.29, 1.82) is 0 Å². The summed E-state index contributed by atoms with van der Waals surface area (Å²) in [5.41, 5.74) is 1.02. The second-order valence-corrected chi connectivity index (χ2v) is 6.20. The first kappa shape index (κ1) is 19.1. The van der Waals surface area contributed by atoms with Gasteiger partial charge in [-0.05, 0) is 6.07 Å². The third-order valence-corrected chi connectivity index (χ3v) is 4.41. The zero-order valence-corrected chi connectivity index (χ0v) is 15.5. The summed E-state index contributed by atoms with van der Waals surface area (Å²) < 4.78 is 7.24. The van der Waals surface area contributed by atoms with Gasteiger partial charge in [-0.2, -0.15) is 0 Å². The van der Waals surface area contributed by atoms with Crippen molar-refractivity contribution in [3.05, 3.63) is 88.0 Å². The number of rotatable bonds is 7. The maximum atomic E-state index is 12.8. The lowest BCUT2D eigenvalue weighted by atomic mass is 10.0. The number of ether oxygens (including phenoxy) is 1. The number of para-hydroxylation sites is 2. The summed E-state index contributed by atoms with van der Waals surface area (Å²) in [6, 6.07) is 13.0. The number of benzene rings is 2. The van der Waals surface area contributed by atoms with Gasteiger partial charge in [0.2, 0.25) is 5.91 Å². The monoisotopic (exact) mass is 380 g/mol. The largest absolute Gasteiger partial charge is 0.496 e. The normalized spacial score (nSPS) is 11.6. The molecule has 1 amide bonds. The number of amides is 1. The van der Waals surface area contributed by atoms with E-state index in [1.807, 2.05) is 29.8 Å². The van der Waals surface area contributed by atoms with Gasteiger partial charge in [0.05, 0.1) is 18.5 Å². The molecule has 3 rings (SSSR count). The molecule has 1 unspecified atom stereocenters. The number of carbonyl (C=O) groups is 1. The molecule has 1 atom stereocenters. The zero-order valence-electron chi connectivity index (χ0n) is 15.5. The number of hydrogen-bond acceptors (Lipinski definition) is 5. The highest BCUT2D eigenvalue weighted by Gasteiger charge is 2.25. The maximum Gasteiger partial charge on any atom is 0.273 e. The summed E-state index contributed by atoms with van der Waals surface area (Å²) in [5, 5.41) is 14.1. The van der Waals surface area contributed by atoms with E-state index >= 15 is 0 Å². The van der Waals surface area contributed by atoms with Crippen LogP contribution in [0.4, 0.5) is 5.69 Å². The summed E-state index contributed by atoms with van der Waals surface area (Å²) in [6.07, 6.45) is 3.31. The average molecular weight is 380 g/mol. The summed E-state index contributed by atoms with van der Waals surface area (Å²) >= 11 is 0. The Morgan fingerprint density at radius 1 is 1.25 bits per heavy atom. The minimum Gasteiger partial charge on any atom is -0.496 e. The first-order valence-corrected chi connectivity index (χ1v) is 8.63. The Labute approximate surface area is 161 Å². The molecular formula is C20H20N4O4. The predicted molar refractivity (Wildman–Crippen MR) is 103 cm³/mol. The van der Waals surface area contributed by atoms with Crippen molar-refractivity contribution >= 4 is 11.6 Å². The third kappa shape index (κ3) is 4.01. The fraction of sp³-hybridized carbons (Fsp3) is 0.200. The van der Waals surface area contributed by atoms with Gasteiger partial charge in [0.25, 0.3) is 5.69 Å². The molecule has 0 aliphatic heterocycles. The van der Waals surface area contributed by atoms with E-state index in [1.165, 1.54) is 6.07 Å². The van der Waals surface area contributed by atoms with Crippen molar-refractivity contribution in [2.24, 2.45) is 7.05 Å². The molecule has 8 nitrogen and oxygen atoms in total. The number of aromatic nitrogens is 2. The molecular weight excluding hydrogens is 360 g/mol. The lowest BCUT2D eigenvalue weighted by molar-refractivity contribution is -0.385. The number of methoxy groups -OCH3 is 1. The Morgan fingerprint density at radius 3 is 2.64 bits per heavy atom. The van der Waals surface area contributed by atoms with Crippen LogP contribution in [0.1, 0.15) is 23.0 Å². The van der Waals surface area contributed by atoms with Gasteiger partial charge in [-0.15, -0.1) is 0 Å². The van der Waals surface area contributed by atoms with Gasteiger partial charge in [0.15, 0.2) is 0 Å². The van der Waals surface area contributed by atoms with Crippen LogP contribution < -0.4 is 10.1 Å². The van der Waals surface area contributed by atoms with E-state index in [1.54, 1.807) is 43.8 Å². The summed E-state index contributed by atoms with van der Waals surface area (Å²) in [4.78, 5) is 27.8. The van der Waals surface area contributed by atoms with Crippen LogP contribution in [0.2, 0.25) is 0 Å². The molecule has 0 saturated heterocycles. The van der Waals surface area contributed by atoms with Gasteiger partial charge < -0.3 is 14.6 Å². The number of nitrogens with zero attached hydrogens (tertiary/aromatic N) is 3. The Kier molecular flexibility index (Phi) is 5.69. The molecule has 144 valence electrons. The topological polar surface area (TPSA) is 99.3 Å². The van der Waals surface area contributed by atoms with Gasteiger partial charge in [0, 0.05) is 36.6 Å². The van der Waals surface area contributed by atoms with Crippen LogP contribution in [0.3, 0.4) is 0 Å². The molecule has 1 aromatic heterocycles. The molecule has 0 radical (unpaired) electrons. The molecule has 8 heteroatoms. The summed E-state index contributed by atoms with van der Waals surface area (Å²) in [6.45, 7) is 0. The van der Waals surface area contributed by atoms with Gasteiger partial charge >= 0.3 is 0 Å². The SMILES string of the molecule is COc1ccccc1C(NC(=O)Cc1ccccc1[N+](=O)[O-])c1nccn1C. The highest BCUT2D eigenvalue weighted by atomic mass is 16.6.